The Morgan fingerprint density at radius 3 is 2.32 bits per heavy atom. The number of nitrogens with zero attached hydrogens (tertiary/aromatic N) is 1. The van der Waals surface area contributed by atoms with Crippen LogP contribution in [0.3, 0.4) is 0 Å². The SMILES string of the molecule is COc1ccc(CCNC(=O)c2cn(-c3ccc(C)c(C)c3)c(=O)c3ccccc23)cc1OC. The molecule has 0 radical (unpaired) electrons. The quantitative estimate of drug-likeness (QED) is 0.441. The Hall–Kier alpha value is -4.06. The third kappa shape index (κ3) is 4.53. The largest absolute Gasteiger partial charge is 0.493 e. The smallest absolute Gasteiger partial charge is 0.262 e. The third-order valence-corrected chi connectivity index (χ3v) is 6.09. The minimum absolute atomic E-state index is 0.152. The van der Waals surface area contributed by atoms with E-state index in [2.05, 4.69) is 5.32 Å². The summed E-state index contributed by atoms with van der Waals surface area (Å²) in [6, 6.07) is 18.8. The van der Waals surface area contributed by atoms with Crippen LogP contribution in [-0.4, -0.2) is 31.2 Å². The zero-order chi connectivity index (χ0) is 24.2. The molecule has 4 rings (SSSR count). The molecule has 1 aromatic heterocycles. The molecule has 0 bridgehead atoms. The lowest BCUT2D eigenvalue weighted by Crippen LogP contribution is -2.28. The lowest BCUT2D eigenvalue weighted by molar-refractivity contribution is 0.0955. The second-order valence-electron chi connectivity index (χ2n) is 8.23. The van der Waals surface area contributed by atoms with E-state index in [4.69, 9.17) is 9.47 Å². The van der Waals surface area contributed by atoms with Crippen molar-refractivity contribution in [2.45, 2.75) is 20.3 Å². The molecule has 1 heterocycles. The molecule has 1 N–H and O–H groups in total. The van der Waals surface area contributed by atoms with Crippen LogP contribution in [0.4, 0.5) is 0 Å². The highest BCUT2D eigenvalue weighted by Gasteiger charge is 2.16. The lowest BCUT2D eigenvalue weighted by Gasteiger charge is -2.14. The summed E-state index contributed by atoms with van der Waals surface area (Å²) in [5, 5.41) is 4.14. The van der Waals surface area contributed by atoms with Crippen LogP contribution in [0, 0.1) is 13.8 Å². The molecular formula is C28H28N2O4. The Kier molecular flexibility index (Phi) is 6.68. The van der Waals surface area contributed by atoms with Crippen LogP contribution < -0.4 is 20.3 Å². The first-order chi connectivity index (χ1) is 16.4. The third-order valence-electron chi connectivity index (χ3n) is 6.09. The number of aromatic nitrogens is 1. The van der Waals surface area contributed by atoms with Crippen molar-refractivity contribution in [3.63, 3.8) is 0 Å². The van der Waals surface area contributed by atoms with Gasteiger partial charge in [-0.3, -0.25) is 14.2 Å². The Morgan fingerprint density at radius 2 is 1.62 bits per heavy atom. The highest BCUT2D eigenvalue weighted by atomic mass is 16.5. The maximum absolute atomic E-state index is 13.2. The minimum Gasteiger partial charge on any atom is -0.493 e. The van der Waals surface area contributed by atoms with Gasteiger partial charge in [0.1, 0.15) is 0 Å². The number of rotatable bonds is 7. The van der Waals surface area contributed by atoms with Gasteiger partial charge in [-0.15, -0.1) is 0 Å². The molecule has 6 nitrogen and oxygen atoms in total. The summed E-state index contributed by atoms with van der Waals surface area (Å²) in [6.07, 6.45) is 2.27. The van der Waals surface area contributed by atoms with Gasteiger partial charge in [-0.25, -0.2) is 0 Å². The van der Waals surface area contributed by atoms with Gasteiger partial charge in [-0.1, -0.05) is 30.3 Å². The summed E-state index contributed by atoms with van der Waals surface area (Å²) in [5.41, 5.74) is 4.28. The van der Waals surface area contributed by atoms with Crippen LogP contribution in [0.25, 0.3) is 16.5 Å². The minimum atomic E-state index is -0.228. The first kappa shape index (κ1) is 23.1. The molecule has 0 aliphatic carbocycles. The number of nitrogens with one attached hydrogen (secondary N) is 1. The van der Waals surface area contributed by atoms with E-state index in [1.54, 1.807) is 31.0 Å². The van der Waals surface area contributed by atoms with Crippen molar-refractivity contribution in [2.75, 3.05) is 20.8 Å². The second-order valence-corrected chi connectivity index (χ2v) is 8.23. The average molecular weight is 457 g/mol. The number of ether oxygens (including phenoxy) is 2. The first-order valence-corrected chi connectivity index (χ1v) is 11.1. The molecule has 0 saturated carbocycles. The zero-order valence-corrected chi connectivity index (χ0v) is 19.8. The molecule has 0 spiro atoms. The summed E-state index contributed by atoms with van der Waals surface area (Å²) < 4.78 is 12.2. The molecule has 0 aliphatic heterocycles. The van der Waals surface area contributed by atoms with Crippen molar-refractivity contribution in [1.82, 2.24) is 9.88 Å². The predicted molar refractivity (Wildman–Crippen MR) is 135 cm³/mol. The number of aryl methyl sites for hydroxylation is 2. The van der Waals surface area contributed by atoms with Gasteiger partial charge >= 0.3 is 0 Å². The number of hydrogen-bond donors (Lipinski definition) is 1. The molecule has 0 fully saturated rings. The topological polar surface area (TPSA) is 69.6 Å². The molecule has 0 unspecified atom stereocenters. The van der Waals surface area contributed by atoms with E-state index in [0.717, 1.165) is 22.4 Å². The van der Waals surface area contributed by atoms with E-state index in [9.17, 15) is 9.59 Å². The number of fused-ring (bicyclic) bond motifs is 1. The van der Waals surface area contributed by atoms with Crippen LogP contribution in [0.15, 0.2) is 71.7 Å². The van der Waals surface area contributed by atoms with Crippen LogP contribution >= 0.6 is 0 Å². The predicted octanol–water partition coefficient (Wildman–Crippen LogP) is 4.60. The van der Waals surface area contributed by atoms with E-state index >= 15 is 0 Å². The fourth-order valence-electron chi connectivity index (χ4n) is 3.99. The lowest BCUT2D eigenvalue weighted by atomic mass is 10.1. The molecule has 1 amide bonds. The van der Waals surface area contributed by atoms with E-state index in [1.807, 2.05) is 68.4 Å². The number of carbonyl (C=O) groups is 1. The van der Waals surface area contributed by atoms with E-state index in [0.29, 0.717) is 40.8 Å². The summed E-state index contributed by atoms with van der Waals surface area (Å²) in [7, 11) is 3.19. The molecule has 3 aromatic carbocycles. The van der Waals surface area contributed by atoms with Gasteiger partial charge in [-0.2, -0.15) is 0 Å². The van der Waals surface area contributed by atoms with Crippen LogP contribution in [0.2, 0.25) is 0 Å². The monoisotopic (exact) mass is 456 g/mol. The molecule has 4 aromatic rings. The van der Waals surface area contributed by atoms with E-state index < -0.39 is 0 Å². The Balaban J connectivity index is 1.63. The highest BCUT2D eigenvalue weighted by molar-refractivity contribution is 6.06. The van der Waals surface area contributed by atoms with Gasteiger partial charge < -0.3 is 14.8 Å². The van der Waals surface area contributed by atoms with Gasteiger partial charge in [0.25, 0.3) is 11.5 Å². The van der Waals surface area contributed by atoms with Crippen molar-refractivity contribution in [2.24, 2.45) is 0 Å². The van der Waals surface area contributed by atoms with Gasteiger partial charge in [-0.05, 0) is 67.3 Å². The van der Waals surface area contributed by atoms with Crippen LogP contribution in [0.5, 0.6) is 11.5 Å². The summed E-state index contributed by atoms with van der Waals surface area (Å²) >= 11 is 0. The van der Waals surface area contributed by atoms with E-state index in [1.165, 1.54) is 0 Å². The fraction of sp³-hybridized carbons (Fsp3) is 0.214. The van der Waals surface area contributed by atoms with Crippen LogP contribution in [0.1, 0.15) is 27.0 Å². The molecule has 174 valence electrons. The van der Waals surface area contributed by atoms with Crippen LogP contribution in [-0.2, 0) is 6.42 Å². The molecular weight excluding hydrogens is 428 g/mol. The maximum Gasteiger partial charge on any atom is 0.262 e. The summed E-state index contributed by atoms with van der Waals surface area (Å²) in [6.45, 7) is 4.47. The van der Waals surface area contributed by atoms with Gasteiger partial charge in [0.05, 0.1) is 19.8 Å². The Bertz CT molecular complexity index is 1420. The zero-order valence-electron chi connectivity index (χ0n) is 19.8. The molecule has 6 heteroatoms. The number of pyridine rings is 1. The standard InChI is InChI=1S/C28H28N2O4/c1-18-9-11-21(15-19(18)2)30-17-24(22-7-5-6-8-23(22)28(30)32)27(31)29-14-13-20-10-12-25(33-3)26(16-20)34-4/h5-12,15-17H,13-14H2,1-4H3,(H,29,31). The average Bonchev–Trinajstić information content (AvgIpc) is 2.86. The van der Waals surface area contributed by atoms with Crippen molar-refractivity contribution < 1.29 is 14.3 Å². The van der Waals surface area contributed by atoms with Gasteiger partial charge in [0, 0.05) is 29.2 Å². The molecule has 0 atom stereocenters. The van der Waals surface area contributed by atoms with Gasteiger partial charge in [0.2, 0.25) is 0 Å². The first-order valence-electron chi connectivity index (χ1n) is 11.1. The molecule has 0 aliphatic rings. The summed E-state index contributed by atoms with van der Waals surface area (Å²) in [5.74, 6) is 1.09. The highest BCUT2D eigenvalue weighted by Crippen LogP contribution is 2.27. The fourth-order valence-corrected chi connectivity index (χ4v) is 3.99. The number of benzene rings is 3. The van der Waals surface area contributed by atoms with Crippen molar-refractivity contribution in [3.8, 4) is 17.2 Å². The Labute approximate surface area is 198 Å². The van der Waals surface area contributed by atoms with Crippen molar-refractivity contribution in [3.05, 3.63) is 99.5 Å². The number of carbonyl (C=O) groups excluding carboxylic acids is 1. The molecule has 0 saturated heterocycles. The van der Waals surface area contributed by atoms with Gasteiger partial charge in [0.15, 0.2) is 11.5 Å². The van der Waals surface area contributed by atoms with Crippen molar-refractivity contribution in [1.29, 1.82) is 0 Å². The maximum atomic E-state index is 13.2. The number of amides is 1. The molecule has 34 heavy (non-hydrogen) atoms. The normalized spacial score (nSPS) is 10.8. The number of hydrogen-bond acceptors (Lipinski definition) is 4. The van der Waals surface area contributed by atoms with Crippen molar-refractivity contribution >= 4 is 16.7 Å². The number of methoxy groups -OCH3 is 2. The van der Waals surface area contributed by atoms with E-state index in [-0.39, 0.29) is 11.5 Å². The Morgan fingerprint density at radius 1 is 0.882 bits per heavy atom. The second kappa shape index (κ2) is 9.83. The summed E-state index contributed by atoms with van der Waals surface area (Å²) in [4.78, 5) is 26.4.